The van der Waals surface area contributed by atoms with Crippen molar-refractivity contribution in [2.75, 3.05) is 24.5 Å². The Bertz CT molecular complexity index is 889. The number of hydrogen-bond donors (Lipinski definition) is 0. The maximum Gasteiger partial charge on any atom is 0.231 e. The fraction of sp³-hybridized carbons (Fsp3) is 0.333. The summed E-state index contributed by atoms with van der Waals surface area (Å²) in [4.78, 5) is 17.0. The summed E-state index contributed by atoms with van der Waals surface area (Å²) in [6.07, 6.45) is 1.71. The van der Waals surface area contributed by atoms with E-state index in [9.17, 15) is 9.18 Å². The molecule has 1 unspecified atom stereocenters. The Balaban J connectivity index is 1.41. The highest BCUT2D eigenvalue weighted by Crippen LogP contribution is 2.31. The Hall–Kier alpha value is -2.71. The molecule has 0 radical (unpaired) electrons. The number of fused-ring (bicyclic) bond motifs is 1. The van der Waals surface area contributed by atoms with Crippen molar-refractivity contribution in [3.05, 3.63) is 65.0 Å². The van der Waals surface area contributed by atoms with Crippen LogP contribution >= 0.6 is 0 Å². The van der Waals surface area contributed by atoms with E-state index >= 15 is 0 Å². The maximum atomic E-state index is 14.1. The maximum absolute atomic E-state index is 14.1. The van der Waals surface area contributed by atoms with E-state index in [2.05, 4.69) is 11.0 Å². The number of amides is 1. The second kappa shape index (κ2) is 6.89. The van der Waals surface area contributed by atoms with E-state index in [4.69, 9.17) is 5.26 Å². The highest BCUT2D eigenvalue weighted by molar-refractivity contribution is 5.97. The standard InChI is InChI=1S/C21H20FN3O/c22-19-11-15(12-23)5-6-17(19)13-24-9-7-18(14-24)21(26)25-10-8-16-3-1-2-4-20(16)25/h1-6,11,18H,7-10,13-14H2. The molecule has 0 N–H and O–H groups in total. The van der Waals surface area contributed by atoms with E-state index in [0.29, 0.717) is 24.2 Å². The molecule has 2 aromatic carbocycles. The molecule has 0 bridgehead atoms. The number of anilines is 1. The lowest BCUT2D eigenvalue weighted by atomic mass is 10.1. The molecular formula is C21H20FN3O. The summed E-state index contributed by atoms with van der Waals surface area (Å²) < 4.78 is 14.1. The second-order valence-corrected chi connectivity index (χ2v) is 7.01. The monoisotopic (exact) mass is 349 g/mol. The Morgan fingerprint density at radius 2 is 2.08 bits per heavy atom. The van der Waals surface area contributed by atoms with Crippen molar-refractivity contribution >= 4 is 11.6 Å². The summed E-state index contributed by atoms with van der Waals surface area (Å²) in [5, 5.41) is 8.84. The van der Waals surface area contributed by atoms with Gasteiger partial charge in [0.1, 0.15) is 5.82 Å². The van der Waals surface area contributed by atoms with Crippen LogP contribution in [-0.4, -0.2) is 30.4 Å². The van der Waals surface area contributed by atoms with E-state index in [1.807, 2.05) is 29.2 Å². The summed E-state index contributed by atoms with van der Waals surface area (Å²) in [6, 6.07) is 14.6. The largest absolute Gasteiger partial charge is 0.312 e. The lowest BCUT2D eigenvalue weighted by Crippen LogP contribution is -2.36. The first kappa shape index (κ1) is 16.7. The highest BCUT2D eigenvalue weighted by atomic mass is 19.1. The molecule has 4 rings (SSSR count). The number of carbonyl (C=O) groups excluding carboxylic acids is 1. The molecule has 2 aliphatic rings. The topological polar surface area (TPSA) is 47.3 Å². The molecule has 5 heteroatoms. The van der Waals surface area contributed by atoms with Crippen LogP contribution in [0.4, 0.5) is 10.1 Å². The van der Waals surface area contributed by atoms with Crippen LogP contribution in [0.5, 0.6) is 0 Å². The molecule has 2 aliphatic heterocycles. The predicted molar refractivity (Wildman–Crippen MR) is 97.0 cm³/mol. The van der Waals surface area contributed by atoms with Gasteiger partial charge in [0.25, 0.3) is 0 Å². The van der Waals surface area contributed by atoms with Crippen LogP contribution < -0.4 is 4.90 Å². The first-order chi connectivity index (χ1) is 12.7. The number of carbonyl (C=O) groups is 1. The zero-order chi connectivity index (χ0) is 18.1. The lowest BCUT2D eigenvalue weighted by molar-refractivity contribution is -0.121. The quantitative estimate of drug-likeness (QED) is 0.855. The zero-order valence-corrected chi connectivity index (χ0v) is 14.5. The third kappa shape index (κ3) is 3.09. The van der Waals surface area contributed by atoms with Crippen LogP contribution in [0.25, 0.3) is 0 Å². The third-order valence-corrected chi connectivity index (χ3v) is 5.35. The summed E-state index contributed by atoms with van der Waals surface area (Å²) in [6.45, 7) is 2.65. The van der Waals surface area contributed by atoms with Crippen LogP contribution in [0.3, 0.4) is 0 Å². The number of nitrogens with zero attached hydrogens (tertiary/aromatic N) is 3. The van der Waals surface area contributed by atoms with Gasteiger partial charge in [-0.05, 0) is 43.1 Å². The average Bonchev–Trinajstić information content (AvgIpc) is 3.30. The summed E-state index contributed by atoms with van der Waals surface area (Å²) in [5.41, 5.74) is 3.17. The van der Waals surface area contributed by atoms with Gasteiger partial charge in [-0.15, -0.1) is 0 Å². The first-order valence-corrected chi connectivity index (χ1v) is 8.96. The van der Waals surface area contributed by atoms with Gasteiger partial charge in [-0.2, -0.15) is 5.26 Å². The molecule has 0 saturated carbocycles. The summed E-state index contributed by atoms with van der Waals surface area (Å²) in [7, 11) is 0. The molecule has 132 valence electrons. The summed E-state index contributed by atoms with van der Waals surface area (Å²) in [5.74, 6) is -0.215. The van der Waals surface area contributed by atoms with Crippen molar-refractivity contribution in [1.29, 1.82) is 5.26 Å². The fourth-order valence-corrected chi connectivity index (χ4v) is 3.95. The Labute approximate surface area is 152 Å². The van der Waals surface area contributed by atoms with Gasteiger partial charge in [0.15, 0.2) is 0 Å². The normalized spacial score (nSPS) is 19.4. The number of nitriles is 1. The van der Waals surface area contributed by atoms with Crippen molar-refractivity contribution in [1.82, 2.24) is 4.90 Å². The van der Waals surface area contributed by atoms with Crippen molar-refractivity contribution in [3.8, 4) is 6.07 Å². The molecule has 0 aromatic heterocycles. The first-order valence-electron chi connectivity index (χ1n) is 8.96. The van der Waals surface area contributed by atoms with Gasteiger partial charge in [-0.25, -0.2) is 4.39 Å². The summed E-state index contributed by atoms with van der Waals surface area (Å²) >= 11 is 0. The number of hydrogen-bond acceptors (Lipinski definition) is 3. The number of halogens is 1. The molecule has 4 nitrogen and oxygen atoms in total. The molecular weight excluding hydrogens is 329 g/mol. The van der Waals surface area contributed by atoms with Gasteiger partial charge in [-0.3, -0.25) is 9.69 Å². The third-order valence-electron chi connectivity index (χ3n) is 5.35. The Morgan fingerprint density at radius 1 is 1.23 bits per heavy atom. The van der Waals surface area contributed by atoms with Crippen LogP contribution in [0, 0.1) is 23.1 Å². The molecule has 26 heavy (non-hydrogen) atoms. The van der Waals surface area contributed by atoms with Gasteiger partial charge >= 0.3 is 0 Å². The van der Waals surface area contributed by atoms with Gasteiger partial charge in [0.05, 0.1) is 17.6 Å². The van der Waals surface area contributed by atoms with Crippen LogP contribution in [0.1, 0.15) is 23.1 Å². The van der Waals surface area contributed by atoms with E-state index in [1.165, 1.54) is 11.6 Å². The minimum atomic E-state index is -0.354. The van der Waals surface area contributed by atoms with Crippen LogP contribution in [0.15, 0.2) is 42.5 Å². The van der Waals surface area contributed by atoms with Crippen molar-refractivity contribution in [3.63, 3.8) is 0 Å². The van der Waals surface area contributed by atoms with E-state index in [1.54, 1.807) is 12.1 Å². The number of likely N-dealkylation sites (tertiary alicyclic amines) is 1. The molecule has 1 fully saturated rings. The smallest absolute Gasteiger partial charge is 0.231 e. The Morgan fingerprint density at radius 3 is 2.88 bits per heavy atom. The lowest BCUT2D eigenvalue weighted by Gasteiger charge is -2.22. The van der Waals surface area contributed by atoms with Crippen molar-refractivity contribution < 1.29 is 9.18 Å². The highest BCUT2D eigenvalue weighted by Gasteiger charge is 2.34. The van der Waals surface area contributed by atoms with Crippen molar-refractivity contribution in [2.24, 2.45) is 5.92 Å². The molecule has 0 spiro atoms. The van der Waals surface area contributed by atoms with Crippen LogP contribution in [-0.2, 0) is 17.8 Å². The SMILES string of the molecule is N#Cc1ccc(CN2CCC(C(=O)N3CCc4ccccc43)C2)c(F)c1. The van der Waals surface area contributed by atoms with E-state index in [0.717, 1.165) is 31.6 Å². The number of benzene rings is 2. The van der Waals surface area contributed by atoms with Crippen molar-refractivity contribution in [2.45, 2.75) is 19.4 Å². The van der Waals surface area contributed by atoms with Gasteiger partial charge in [0.2, 0.25) is 5.91 Å². The minimum Gasteiger partial charge on any atom is -0.312 e. The van der Waals surface area contributed by atoms with E-state index in [-0.39, 0.29) is 17.6 Å². The predicted octanol–water partition coefficient (Wildman–Crippen LogP) is 3.11. The van der Waals surface area contributed by atoms with Gasteiger partial charge in [-0.1, -0.05) is 24.3 Å². The van der Waals surface area contributed by atoms with Gasteiger partial charge < -0.3 is 4.90 Å². The van der Waals surface area contributed by atoms with Crippen LogP contribution in [0.2, 0.25) is 0 Å². The van der Waals surface area contributed by atoms with Gasteiger partial charge in [0, 0.05) is 30.9 Å². The molecule has 1 atom stereocenters. The second-order valence-electron chi connectivity index (χ2n) is 7.01. The molecule has 2 aromatic rings. The molecule has 2 heterocycles. The number of rotatable bonds is 3. The average molecular weight is 349 g/mol. The minimum absolute atomic E-state index is 0.0393. The zero-order valence-electron chi connectivity index (χ0n) is 14.5. The number of para-hydroxylation sites is 1. The van der Waals surface area contributed by atoms with E-state index < -0.39 is 0 Å². The molecule has 0 aliphatic carbocycles. The molecule has 1 saturated heterocycles. The molecule has 1 amide bonds. The Kier molecular flexibility index (Phi) is 4.44. The fourth-order valence-electron chi connectivity index (χ4n) is 3.95.